The molecule has 1 heterocycles. The summed E-state index contributed by atoms with van der Waals surface area (Å²) in [4.78, 5) is 0. The van der Waals surface area contributed by atoms with Gasteiger partial charge >= 0.3 is 0 Å². The van der Waals surface area contributed by atoms with Crippen LogP contribution >= 0.6 is 0 Å². The fraction of sp³-hybridized carbons (Fsp3) is 0.636. The molecule has 3 nitrogen and oxygen atoms in total. The Kier molecular flexibility index (Phi) is 4.17. The van der Waals surface area contributed by atoms with Gasteiger partial charge in [-0.25, -0.2) is 0 Å². The van der Waals surface area contributed by atoms with Gasteiger partial charge in [0.15, 0.2) is 0 Å². The zero-order valence-electron chi connectivity index (χ0n) is 9.17. The van der Waals surface area contributed by atoms with Crippen molar-refractivity contribution in [1.29, 1.82) is 0 Å². The van der Waals surface area contributed by atoms with Crippen LogP contribution in [0.4, 0.5) is 0 Å². The molecular formula is C11H19NO2. The molecule has 1 aromatic heterocycles. The Hall–Kier alpha value is -0.800. The van der Waals surface area contributed by atoms with E-state index in [1.54, 1.807) is 0 Å². The van der Waals surface area contributed by atoms with Crippen molar-refractivity contribution in [3.63, 3.8) is 0 Å². The Morgan fingerprint density at radius 1 is 1.57 bits per heavy atom. The lowest BCUT2D eigenvalue weighted by Crippen LogP contribution is -2.05. The third kappa shape index (κ3) is 2.86. The molecule has 0 saturated heterocycles. The Morgan fingerprint density at radius 3 is 2.79 bits per heavy atom. The van der Waals surface area contributed by atoms with Gasteiger partial charge in [0.1, 0.15) is 18.1 Å². The van der Waals surface area contributed by atoms with Crippen LogP contribution in [0.25, 0.3) is 0 Å². The SMILES string of the molecule is CCC(C)OCc1cc(CN)c(C)o1. The lowest BCUT2D eigenvalue weighted by atomic mass is 10.2. The van der Waals surface area contributed by atoms with Crippen molar-refractivity contribution in [3.8, 4) is 0 Å². The predicted octanol–water partition coefficient (Wildman–Crippen LogP) is 2.36. The maximum Gasteiger partial charge on any atom is 0.130 e. The molecule has 0 radical (unpaired) electrons. The van der Waals surface area contributed by atoms with Crippen molar-refractivity contribution in [2.45, 2.75) is 46.4 Å². The Bertz CT molecular complexity index is 281. The van der Waals surface area contributed by atoms with Crippen molar-refractivity contribution >= 4 is 0 Å². The number of aryl methyl sites for hydroxylation is 1. The van der Waals surface area contributed by atoms with E-state index in [2.05, 4.69) is 13.8 Å². The van der Waals surface area contributed by atoms with Gasteiger partial charge in [0.05, 0.1) is 6.10 Å². The fourth-order valence-corrected chi connectivity index (χ4v) is 1.20. The molecule has 0 aliphatic heterocycles. The Labute approximate surface area is 85.2 Å². The third-order valence-electron chi connectivity index (χ3n) is 2.38. The monoisotopic (exact) mass is 197 g/mol. The number of rotatable bonds is 5. The van der Waals surface area contributed by atoms with Gasteiger partial charge in [-0.2, -0.15) is 0 Å². The highest BCUT2D eigenvalue weighted by Crippen LogP contribution is 2.15. The maximum absolute atomic E-state index is 5.56. The van der Waals surface area contributed by atoms with E-state index in [-0.39, 0.29) is 6.10 Å². The van der Waals surface area contributed by atoms with Gasteiger partial charge in [-0.05, 0) is 26.3 Å². The average molecular weight is 197 g/mol. The fourth-order valence-electron chi connectivity index (χ4n) is 1.20. The van der Waals surface area contributed by atoms with Crippen molar-refractivity contribution in [3.05, 3.63) is 23.2 Å². The normalized spacial score (nSPS) is 13.1. The van der Waals surface area contributed by atoms with E-state index in [0.29, 0.717) is 13.2 Å². The van der Waals surface area contributed by atoms with Crippen LogP contribution in [-0.2, 0) is 17.9 Å². The van der Waals surface area contributed by atoms with E-state index in [9.17, 15) is 0 Å². The second kappa shape index (κ2) is 5.17. The largest absolute Gasteiger partial charge is 0.464 e. The van der Waals surface area contributed by atoms with E-state index in [1.165, 1.54) is 0 Å². The summed E-state index contributed by atoms with van der Waals surface area (Å²) < 4.78 is 11.1. The van der Waals surface area contributed by atoms with Gasteiger partial charge in [0.2, 0.25) is 0 Å². The van der Waals surface area contributed by atoms with Crippen molar-refractivity contribution < 1.29 is 9.15 Å². The molecule has 0 fully saturated rings. The molecule has 1 rings (SSSR count). The van der Waals surface area contributed by atoms with Crippen LogP contribution < -0.4 is 5.73 Å². The number of nitrogens with two attached hydrogens (primary N) is 1. The molecule has 3 heteroatoms. The van der Waals surface area contributed by atoms with E-state index < -0.39 is 0 Å². The smallest absolute Gasteiger partial charge is 0.130 e. The van der Waals surface area contributed by atoms with Gasteiger partial charge in [-0.15, -0.1) is 0 Å². The van der Waals surface area contributed by atoms with Crippen LogP contribution in [0.3, 0.4) is 0 Å². The zero-order chi connectivity index (χ0) is 10.6. The second-order valence-corrected chi connectivity index (χ2v) is 3.53. The molecule has 0 aromatic carbocycles. The first-order valence-corrected chi connectivity index (χ1v) is 5.07. The van der Waals surface area contributed by atoms with Gasteiger partial charge in [0.25, 0.3) is 0 Å². The number of ether oxygens (including phenoxy) is 1. The maximum atomic E-state index is 5.56. The van der Waals surface area contributed by atoms with Gasteiger partial charge < -0.3 is 14.9 Å². The Balaban J connectivity index is 2.51. The Morgan fingerprint density at radius 2 is 2.29 bits per heavy atom. The first kappa shape index (κ1) is 11.3. The molecule has 0 bridgehead atoms. The second-order valence-electron chi connectivity index (χ2n) is 3.53. The summed E-state index contributed by atoms with van der Waals surface area (Å²) >= 11 is 0. The van der Waals surface area contributed by atoms with Gasteiger partial charge in [-0.1, -0.05) is 6.92 Å². The summed E-state index contributed by atoms with van der Waals surface area (Å²) in [7, 11) is 0. The van der Waals surface area contributed by atoms with Crippen LogP contribution in [0.2, 0.25) is 0 Å². The molecule has 14 heavy (non-hydrogen) atoms. The van der Waals surface area contributed by atoms with Crippen LogP contribution in [0.5, 0.6) is 0 Å². The minimum Gasteiger partial charge on any atom is -0.464 e. The topological polar surface area (TPSA) is 48.4 Å². The molecule has 0 aliphatic rings. The van der Waals surface area contributed by atoms with Crippen molar-refractivity contribution in [2.75, 3.05) is 0 Å². The highest BCUT2D eigenvalue weighted by atomic mass is 16.5. The highest BCUT2D eigenvalue weighted by molar-refractivity contribution is 5.19. The number of furan rings is 1. The molecule has 0 amide bonds. The molecule has 0 spiro atoms. The summed E-state index contributed by atoms with van der Waals surface area (Å²) in [6, 6.07) is 1.97. The lowest BCUT2D eigenvalue weighted by Gasteiger charge is -2.07. The quantitative estimate of drug-likeness (QED) is 0.788. The molecule has 1 atom stereocenters. The molecule has 0 aliphatic carbocycles. The number of hydrogen-bond acceptors (Lipinski definition) is 3. The summed E-state index contributed by atoms with van der Waals surface area (Å²) in [5.74, 6) is 1.76. The predicted molar refractivity (Wildman–Crippen MR) is 55.9 cm³/mol. The number of hydrogen-bond donors (Lipinski definition) is 1. The van der Waals surface area contributed by atoms with Gasteiger partial charge in [0, 0.05) is 12.1 Å². The summed E-state index contributed by atoms with van der Waals surface area (Å²) in [6.07, 6.45) is 1.30. The van der Waals surface area contributed by atoms with Crippen molar-refractivity contribution in [2.24, 2.45) is 5.73 Å². The summed E-state index contributed by atoms with van der Waals surface area (Å²) in [6.45, 7) is 7.15. The standard InChI is InChI=1S/C11H19NO2/c1-4-8(2)13-7-11-5-10(6-12)9(3)14-11/h5,8H,4,6-7,12H2,1-3H3. The first-order chi connectivity index (χ1) is 6.67. The molecule has 2 N–H and O–H groups in total. The van der Waals surface area contributed by atoms with Gasteiger partial charge in [-0.3, -0.25) is 0 Å². The molecule has 1 unspecified atom stereocenters. The zero-order valence-corrected chi connectivity index (χ0v) is 9.17. The molecule has 0 saturated carbocycles. The third-order valence-corrected chi connectivity index (χ3v) is 2.38. The lowest BCUT2D eigenvalue weighted by molar-refractivity contribution is 0.0403. The van der Waals surface area contributed by atoms with E-state index in [0.717, 1.165) is 23.5 Å². The molecule has 80 valence electrons. The summed E-state index contributed by atoms with van der Waals surface area (Å²) in [5, 5.41) is 0. The highest BCUT2D eigenvalue weighted by Gasteiger charge is 2.07. The first-order valence-electron chi connectivity index (χ1n) is 5.07. The molecular weight excluding hydrogens is 178 g/mol. The minimum absolute atomic E-state index is 0.279. The minimum atomic E-state index is 0.279. The van der Waals surface area contributed by atoms with Crippen molar-refractivity contribution in [1.82, 2.24) is 0 Å². The van der Waals surface area contributed by atoms with E-state index in [4.69, 9.17) is 14.9 Å². The van der Waals surface area contributed by atoms with Crippen LogP contribution in [0.15, 0.2) is 10.5 Å². The van der Waals surface area contributed by atoms with Crippen LogP contribution in [0.1, 0.15) is 37.4 Å². The summed E-state index contributed by atoms with van der Waals surface area (Å²) in [5.41, 5.74) is 6.61. The van der Waals surface area contributed by atoms with Crippen LogP contribution in [0, 0.1) is 6.92 Å². The van der Waals surface area contributed by atoms with E-state index in [1.807, 2.05) is 13.0 Å². The van der Waals surface area contributed by atoms with Crippen LogP contribution in [-0.4, -0.2) is 6.10 Å². The van der Waals surface area contributed by atoms with E-state index >= 15 is 0 Å². The molecule has 1 aromatic rings. The average Bonchev–Trinajstić information content (AvgIpc) is 2.55.